The Hall–Kier alpha value is -2.40. The lowest BCUT2D eigenvalue weighted by Gasteiger charge is -2.05. The maximum absolute atomic E-state index is 11.9. The summed E-state index contributed by atoms with van der Waals surface area (Å²) >= 11 is 0. The van der Waals surface area contributed by atoms with E-state index in [4.69, 9.17) is 4.74 Å². The minimum atomic E-state index is -0.402. The van der Waals surface area contributed by atoms with Crippen LogP contribution in [0.2, 0.25) is 0 Å². The molecule has 1 aromatic heterocycles. The third kappa shape index (κ3) is 3.33. The summed E-state index contributed by atoms with van der Waals surface area (Å²) in [5, 5.41) is 2.62. The molecule has 0 unspecified atom stereocenters. The van der Waals surface area contributed by atoms with Crippen LogP contribution in [0.1, 0.15) is 10.4 Å². The van der Waals surface area contributed by atoms with Crippen molar-refractivity contribution in [2.24, 2.45) is 0 Å². The summed E-state index contributed by atoms with van der Waals surface area (Å²) in [6, 6.07) is 12.7. The molecule has 0 aliphatic heterocycles. The Bertz CT molecular complexity index is 635. The summed E-state index contributed by atoms with van der Waals surface area (Å²) in [4.78, 5) is 26.5. The fourth-order valence-electron chi connectivity index (χ4n) is 1.80. The molecule has 0 bridgehead atoms. The molecule has 0 atom stereocenters. The Morgan fingerprint density at radius 1 is 1.20 bits per heavy atom. The predicted octanol–water partition coefficient (Wildman–Crippen LogP) is 1.42. The third-order valence-corrected chi connectivity index (χ3v) is 2.83. The first-order valence-corrected chi connectivity index (χ1v) is 6.28. The van der Waals surface area contributed by atoms with E-state index in [0.29, 0.717) is 18.8 Å². The van der Waals surface area contributed by atoms with Gasteiger partial charge in [0.05, 0.1) is 6.61 Å². The van der Waals surface area contributed by atoms with E-state index in [-0.39, 0.29) is 5.56 Å². The summed E-state index contributed by atoms with van der Waals surface area (Å²) < 4.78 is 4.83. The van der Waals surface area contributed by atoms with Gasteiger partial charge in [0.2, 0.25) is 0 Å². The van der Waals surface area contributed by atoms with E-state index >= 15 is 0 Å². The molecule has 0 aliphatic rings. The SMILES string of the molecule is COCCNC(=O)c1ccc(-c2ccccc2)[nH]c1=O. The molecule has 2 rings (SSSR count). The largest absolute Gasteiger partial charge is 0.383 e. The second-order valence-electron chi connectivity index (χ2n) is 4.23. The first-order valence-electron chi connectivity index (χ1n) is 6.28. The number of hydrogen-bond donors (Lipinski definition) is 2. The van der Waals surface area contributed by atoms with Crippen molar-refractivity contribution < 1.29 is 9.53 Å². The molecule has 0 spiro atoms. The van der Waals surface area contributed by atoms with Crippen molar-refractivity contribution in [1.29, 1.82) is 0 Å². The van der Waals surface area contributed by atoms with Crippen LogP contribution in [0.5, 0.6) is 0 Å². The Labute approximate surface area is 116 Å². The van der Waals surface area contributed by atoms with Gasteiger partial charge in [0.15, 0.2) is 0 Å². The van der Waals surface area contributed by atoms with E-state index in [0.717, 1.165) is 5.56 Å². The van der Waals surface area contributed by atoms with E-state index in [1.807, 2.05) is 30.3 Å². The number of aromatic nitrogens is 1. The molecular weight excluding hydrogens is 256 g/mol. The number of carbonyl (C=O) groups excluding carboxylic acids is 1. The van der Waals surface area contributed by atoms with Crippen LogP contribution >= 0.6 is 0 Å². The number of aromatic amines is 1. The number of benzene rings is 1. The molecule has 104 valence electrons. The van der Waals surface area contributed by atoms with Crippen molar-refractivity contribution in [2.75, 3.05) is 20.3 Å². The van der Waals surface area contributed by atoms with Gasteiger partial charge >= 0.3 is 0 Å². The zero-order chi connectivity index (χ0) is 14.4. The number of rotatable bonds is 5. The van der Waals surface area contributed by atoms with Crippen molar-refractivity contribution in [1.82, 2.24) is 10.3 Å². The molecule has 1 amide bonds. The van der Waals surface area contributed by atoms with Gasteiger partial charge < -0.3 is 15.0 Å². The smallest absolute Gasteiger partial charge is 0.261 e. The van der Waals surface area contributed by atoms with Gasteiger partial charge in [-0.25, -0.2) is 0 Å². The number of ether oxygens (including phenoxy) is 1. The molecule has 1 aromatic carbocycles. The second kappa shape index (κ2) is 6.68. The summed E-state index contributed by atoms with van der Waals surface area (Å²) in [5.74, 6) is -0.400. The zero-order valence-electron chi connectivity index (χ0n) is 11.2. The van der Waals surface area contributed by atoms with Crippen LogP contribution in [0.15, 0.2) is 47.3 Å². The highest BCUT2D eigenvalue weighted by Gasteiger charge is 2.10. The predicted molar refractivity (Wildman–Crippen MR) is 76.7 cm³/mol. The van der Waals surface area contributed by atoms with Crippen molar-refractivity contribution in [3.8, 4) is 11.3 Å². The molecule has 1 heterocycles. The van der Waals surface area contributed by atoms with Crippen LogP contribution in [0, 0.1) is 0 Å². The highest BCUT2D eigenvalue weighted by Crippen LogP contribution is 2.14. The van der Waals surface area contributed by atoms with E-state index in [2.05, 4.69) is 10.3 Å². The number of H-pyrrole nitrogens is 1. The molecule has 0 fully saturated rings. The van der Waals surface area contributed by atoms with Crippen LogP contribution in [-0.4, -0.2) is 31.2 Å². The molecule has 5 nitrogen and oxygen atoms in total. The lowest BCUT2D eigenvalue weighted by Crippen LogP contribution is -2.31. The van der Waals surface area contributed by atoms with Crippen LogP contribution in [-0.2, 0) is 4.74 Å². The van der Waals surface area contributed by atoms with Crippen LogP contribution < -0.4 is 10.9 Å². The molecule has 0 radical (unpaired) electrons. The van der Waals surface area contributed by atoms with Crippen molar-refractivity contribution in [2.45, 2.75) is 0 Å². The van der Waals surface area contributed by atoms with Gasteiger partial charge in [0, 0.05) is 19.3 Å². The molecule has 2 N–H and O–H groups in total. The standard InChI is InChI=1S/C15H16N2O3/c1-20-10-9-16-14(18)12-7-8-13(17-15(12)19)11-5-3-2-4-6-11/h2-8H,9-10H2,1H3,(H,16,18)(H,17,19). The zero-order valence-corrected chi connectivity index (χ0v) is 11.2. The molecule has 0 aliphatic carbocycles. The topological polar surface area (TPSA) is 71.2 Å². The fraction of sp³-hybridized carbons (Fsp3) is 0.200. The first kappa shape index (κ1) is 14.0. The van der Waals surface area contributed by atoms with E-state index in [1.54, 1.807) is 13.2 Å². The van der Waals surface area contributed by atoms with Gasteiger partial charge in [0.25, 0.3) is 11.5 Å². The van der Waals surface area contributed by atoms with Gasteiger partial charge in [-0.1, -0.05) is 30.3 Å². The van der Waals surface area contributed by atoms with Gasteiger partial charge in [0.1, 0.15) is 5.56 Å². The number of methoxy groups -OCH3 is 1. The maximum Gasteiger partial charge on any atom is 0.261 e. The van der Waals surface area contributed by atoms with Crippen LogP contribution in [0.3, 0.4) is 0 Å². The minimum Gasteiger partial charge on any atom is -0.383 e. The van der Waals surface area contributed by atoms with E-state index < -0.39 is 11.5 Å². The Balaban J connectivity index is 2.18. The van der Waals surface area contributed by atoms with E-state index in [9.17, 15) is 9.59 Å². The first-order chi connectivity index (χ1) is 9.72. The molecule has 0 saturated carbocycles. The quantitative estimate of drug-likeness (QED) is 0.809. The highest BCUT2D eigenvalue weighted by molar-refractivity contribution is 5.94. The monoisotopic (exact) mass is 272 g/mol. The Morgan fingerprint density at radius 3 is 2.60 bits per heavy atom. The summed E-state index contributed by atoms with van der Waals surface area (Å²) in [5.41, 5.74) is 1.28. The van der Waals surface area contributed by atoms with Crippen LogP contribution in [0.4, 0.5) is 0 Å². The number of nitrogens with one attached hydrogen (secondary N) is 2. The van der Waals surface area contributed by atoms with Crippen molar-refractivity contribution >= 4 is 5.91 Å². The molecule has 2 aromatic rings. The lowest BCUT2D eigenvalue weighted by atomic mass is 10.1. The van der Waals surface area contributed by atoms with E-state index in [1.165, 1.54) is 6.07 Å². The average molecular weight is 272 g/mol. The number of carbonyl (C=O) groups is 1. The normalized spacial score (nSPS) is 10.2. The Morgan fingerprint density at radius 2 is 1.95 bits per heavy atom. The van der Waals surface area contributed by atoms with Gasteiger partial charge in [-0.15, -0.1) is 0 Å². The van der Waals surface area contributed by atoms with Gasteiger partial charge in [-0.2, -0.15) is 0 Å². The minimum absolute atomic E-state index is 0.0979. The lowest BCUT2D eigenvalue weighted by molar-refractivity contribution is 0.0935. The molecule has 20 heavy (non-hydrogen) atoms. The van der Waals surface area contributed by atoms with Gasteiger partial charge in [-0.05, 0) is 17.7 Å². The average Bonchev–Trinajstić information content (AvgIpc) is 2.48. The number of hydrogen-bond acceptors (Lipinski definition) is 3. The second-order valence-corrected chi connectivity index (χ2v) is 4.23. The molecule has 5 heteroatoms. The summed E-state index contributed by atoms with van der Waals surface area (Å²) in [7, 11) is 1.55. The fourth-order valence-corrected chi connectivity index (χ4v) is 1.80. The van der Waals surface area contributed by atoms with Gasteiger partial charge in [-0.3, -0.25) is 9.59 Å². The molecule has 0 saturated heterocycles. The summed E-state index contributed by atoms with van der Waals surface area (Å²) in [6.07, 6.45) is 0. The summed E-state index contributed by atoms with van der Waals surface area (Å²) in [6.45, 7) is 0.779. The number of pyridine rings is 1. The molecular formula is C15H16N2O3. The highest BCUT2D eigenvalue weighted by atomic mass is 16.5. The Kier molecular flexibility index (Phi) is 4.68. The number of amides is 1. The van der Waals surface area contributed by atoms with Crippen molar-refractivity contribution in [3.63, 3.8) is 0 Å². The van der Waals surface area contributed by atoms with Crippen LogP contribution in [0.25, 0.3) is 11.3 Å². The maximum atomic E-state index is 11.9. The van der Waals surface area contributed by atoms with Crippen molar-refractivity contribution in [3.05, 3.63) is 58.4 Å². The third-order valence-electron chi connectivity index (χ3n) is 2.83.